The first kappa shape index (κ1) is 20.7. The molecule has 0 heterocycles. The van der Waals surface area contributed by atoms with Gasteiger partial charge in [-0.3, -0.25) is 10.1 Å². The van der Waals surface area contributed by atoms with E-state index >= 15 is 0 Å². The molecule has 0 aliphatic carbocycles. The number of hydrogen-bond donors (Lipinski definition) is 2. The van der Waals surface area contributed by atoms with Crippen molar-refractivity contribution in [1.29, 1.82) is 0 Å². The minimum absolute atomic E-state index is 0.399. The Labute approximate surface area is 169 Å². The number of amides is 3. The lowest BCUT2D eigenvalue weighted by Crippen LogP contribution is -2.42. The highest BCUT2D eigenvalue weighted by molar-refractivity contribution is 9.10. The first-order valence-corrected chi connectivity index (χ1v) is 8.96. The van der Waals surface area contributed by atoms with Crippen molar-refractivity contribution in [1.82, 2.24) is 5.32 Å². The molecule has 142 valence electrons. The third-order valence-electron chi connectivity index (χ3n) is 3.19. The van der Waals surface area contributed by atoms with E-state index in [0.29, 0.717) is 20.9 Å². The van der Waals surface area contributed by atoms with Crippen LogP contribution < -0.4 is 15.4 Å². The Hall–Kier alpha value is -2.58. The van der Waals surface area contributed by atoms with Crippen molar-refractivity contribution in [2.45, 2.75) is 13.0 Å². The van der Waals surface area contributed by atoms with Crippen LogP contribution in [0.15, 0.2) is 53.0 Å². The van der Waals surface area contributed by atoms with Crippen molar-refractivity contribution in [3.63, 3.8) is 0 Å². The number of benzene rings is 2. The maximum Gasteiger partial charge on any atom is 0.344 e. The molecule has 0 bridgehead atoms. The number of hydrogen-bond acceptors (Lipinski definition) is 5. The lowest BCUT2D eigenvalue weighted by molar-refractivity contribution is -0.156. The molecular weight excluding hydrogens is 440 g/mol. The maximum atomic E-state index is 11.9. The molecule has 1 atom stereocenters. The van der Waals surface area contributed by atoms with E-state index in [9.17, 15) is 14.4 Å². The van der Waals surface area contributed by atoms with E-state index < -0.39 is 30.6 Å². The molecule has 0 fully saturated rings. The van der Waals surface area contributed by atoms with E-state index in [1.54, 1.807) is 48.5 Å². The van der Waals surface area contributed by atoms with Gasteiger partial charge in [0, 0.05) is 10.7 Å². The Morgan fingerprint density at radius 3 is 2.52 bits per heavy atom. The largest absolute Gasteiger partial charge is 0.481 e. The van der Waals surface area contributed by atoms with E-state index in [1.807, 2.05) is 0 Å². The highest BCUT2D eigenvalue weighted by Crippen LogP contribution is 2.27. The zero-order valence-electron chi connectivity index (χ0n) is 14.2. The first-order chi connectivity index (χ1) is 12.8. The molecule has 0 aromatic heterocycles. The molecule has 2 aromatic rings. The molecule has 0 saturated carbocycles. The lowest BCUT2D eigenvalue weighted by Gasteiger charge is -2.14. The summed E-state index contributed by atoms with van der Waals surface area (Å²) in [6.45, 7) is 0.940. The number of anilines is 1. The minimum atomic E-state index is -1.17. The van der Waals surface area contributed by atoms with Gasteiger partial charge in [0.05, 0.1) is 4.47 Å². The van der Waals surface area contributed by atoms with Crippen molar-refractivity contribution in [3.05, 3.63) is 58.0 Å². The average molecular weight is 456 g/mol. The fourth-order valence-corrected chi connectivity index (χ4v) is 2.71. The number of carbonyl (C=O) groups excluding carboxylic acids is 3. The van der Waals surface area contributed by atoms with Crippen molar-refractivity contribution < 1.29 is 23.9 Å². The highest BCUT2D eigenvalue weighted by Gasteiger charge is 2.20. The van der Waals surface area contributed by atoms with Crippen molar-refractivity contribution in [2.75, 3.05) is 11.9 Å². The van der Waals surface area contributed by atoms with Crippen LogP contribution in [0.4, 0.5) is 10.5 Å². The van der Waals surface area contributed by atoms with Crippen LogP contribution in [-0.2, 0) is 14.3 Å². The third-order valence-corrected chi connectivity index (χ3v) is 4.04. The zero-order chi connectivity index (χ0) is 19.8. The Bertz CT molecular complexity index is 832. The quantitative estimate of drug-likeness (QED) is 0.647. The van der Waals surface area contributed by atoms with Gasteiger partial charge < -0.3 is 14.8 Å². The van der Waals surface area contributed by atoms with Gasteiger partial charge in [0.2, 0.25) is 0 Å². The van der Waals surface area contributed by atoms with E-state index in [4.69, 9.17) is 21.1 Å². The summed E-state index contributed by atoms with van der Waals surface area (Å²) >= 11 is 9.08. The number of carbonyl (C=O) groups is 3. The second-order valence-corrected chi connectivity index (χ2v) is 6.60. The van der Waals surface area contributed by atoms with Crippen LogP contribution in [0.2, 0.25) is 5.02 Å². The second kappa shape index (κ2) is 9.94. The van der Waals surface area contributed by atoms with Crippen LogP contribution in [0.25, 0.3) is 0 Å². The van der Waals surface area contributed by atoms with Crippen LogP contribution in [0.1, 0.15) is 6.92 Å². The maximum absolute atomic E-state index is 11.9. The highest BCUT2D eigenvalue weighted by atomic mass is 79.9. The molecule has 27 heavy (non-hydrogen) atoms. The van der Waals surface area contributed by atoms with E-state index in [1.165, 1.54) is 6.92 Å². The molecule has 0 radical (unpaired) electrons. The SMILES string of the molecule is CC(OC(=O)COc1ccc(Cl)cc1Br)C(=O)NC(=O)Nc1ccccc1. The number of urea groups is 1. The van der Waals surface area contributed by atoms with Crippen LogP contribution in [-0.4, -0.2) is 30.6 Å². The van der Waals surface area contributed by atoms with E-state index in [-0.39, 0.29) is 0 Å². The standard InChI is InChI=1S/C18H16BrClN2O5/c1-11(17(24)22-18(25)21-13-5-3-2-4-6-13)27-16(23)10-26-15-8-7-12(20)9-14(15)19/h2-9,11H,10H2,1H3,(H2,21,22,24,25). The molecule has 2 N–H and O–H groups in total. The molecule has 1 unspecified atom stereocenters. The Kier molecular flexibility index (Phi) is 7.63. The minimum Gasteiger partial charge on any atom is -0.481 e. The molecule has 3 amide bonds. The first-order valence-electron chi connectivity index (χ1n) is 7.79. The van der Waals surface area contributed by atoms with Gasteiger partial charge in [0.25, 0.3) is 5.91 Å². The number of nitrogens with one attached hydrogen (secondary N) is 2. The summed E-state index contributed by atoms with van der Waals surface area (Å²) in [5, 5.41) is 5.09. The van der Waals surface area contributed by atoms with Gasteiger partial charge in [-0.2, -0.15) is 0 Å². The summed E-state index contributed by atoms with van der Waals surface area (Å²) < 4.78 is 10.8. The monoisotopic (exact) mass is 454 g/mol. The van der Waals surface area contributed by atoms with Crippen LogP contribution >= 0.6 is 27.5 Å². The molecule has 0 saturated heterocycles. The topological polar surface area (TPSA) is 93.7 Å². The molecule has 7 nitrogen and oxygen atoms in total. The van der Waals surface area contributed by atoms with E-state index in [2.05, 4.69) is 26.6 Å². The van der Waals surface area contributed by atoms with Gasteiger partial charge >= 0.3 is 12.0 Å². The number of para-hydroxylation sites is 1. The van der Waals surface area contributed by atoms with E-state index in [0.717, 1.165) is 0 Å². The average Bonchev–Trinajstić information content (AvgIpc) is 2.61. The fraction of sp³-hybridized carbons (Fsp3) is 0.167. The smallest absolute Gasteiger partial charge is 0.344 e. The summed E-state index contributed by atoms with van der Waals surface area (Å²) in [6.07, 6.45) is -1.17. The summed E-state index contributed by atoms with van der Waals surface area (Å²) in [5.74, 6) is -1.12. The molecule has 2 aromatic carbocycles. The molecule has 9 heteroatoms. The van der Waals surface area contributed by atoms with Gasteiger partial charge in [0.15, 0.2) is 12.7 Å². The van der Waals surface area contributed by atoms with Gasteiger partial charge in [-0.25, -0.2) is 9.59 Å². The van der Waals surface area contributed by atoms with Crippen LogP contribution in [0.5, 0.6) is 5.75 Å². The number of imide groups is 1. The molecule has 0 aliphatic heterocycles. The van der Waals surface area contributed by atoms with Gasteiger partial charge in [-0.15, -0.1) is 0 Å². The fourth-order valence-electron chi connectivity index (χ4n) is 1.91. The number of rotatable bonds is 6. The summed E-state index contributed by atoms with van der Waals surface area (Å²) in [6, 6.07) is 12.7. The Morgan fingerprint density at radius 2 is 1.85 bits per heavy atom. The summed E-state index contributed by atoms with van der Waals surface area (Å²) in [7, 11) is 0. The van der Waals surface area contributed by atoms with Crippen LogP contribution in [0.3, 0.4) is 0 Å². The summed E-state index contributed by atoms with van der Waals surface area (Å²) in [4.78, 5) is 35.5. The lowest BCUT2D eigenvalue weighted by atomic mass is 10.3. The van der Waals surface area contributed by atoms with Gasteiger partial charge in [-0.1, -0.05) is 29.8 Å². The van der Waals surface area contributed by atoms with Crippen molar-refractivity contribution in [3.8, 4) is 5.75 Å². The van der Waals surface area contributed by atoms with Gasteiger partial charge in [-0.05, 0) is 53.2 Å². The predicted octanol–water partition coefficient (Wildman–Crippen LogP) is 3.76. The normalized spacial score (nSPS) is 11.2. The summed E-state index contributed by atoms with van der Waals surface area (Å²) in [5.41, 5.74) is 0.523. The predicted molar refractivity (Wildman–Crippen MR) is 104 cm³/mol. The van der Waals surface area contributed by atoms with Crippen molar-refractivity contribution >= 4 is 51.1 Å². The zero-order valence-corrected chi connectivity index (χ0v) is 16.5. The number of ether oxygens (including phenoxy) is 2. The molecule has 0 aliphatic rings. The molecule has 0 spiro atoms. The third kappa shape index (κ3) is 6.92. The Balaban J connectivity index is 1.77. The molecule has 2 rings (SSSR count). The molecular formula is C18H16BrClN2O5. The van der Waals surface area contributed by atoms with Crippen molar-refractivity contribution in [2.24, 2.45) is 0 Å². The number of esters is 1. The number of halogens is 2. The van der Waals surface area contributed by atoms with Gasteiger partial charge in [0.1, 0.15) is 5.75 Å². The Morgan fingerprint density at radius 1 is 1.15 bits per heavy atom. The second-order valence-electron chi connectivity index (χ2n) is 5.30. The van der Waals surface area contributed by atoms with Crippen LogP contribution in [0, 0.1) is 0 Å².